The van der Waals surface area contributed by atoms with E-state index in [2.05, 4.69) is 30.9 Å². The third-order valence-electron chi connectivity index (χ3n) is 7.17. The van der Waals surface area contributed by atoms with Crippen LogP contribution in [-0.2, 0) is 19.1 Å². The van der Waals surface area contributed by atoms with Crippen molar-refractivity contribution in [3.05, 3.63) is 12.2 Å². The maximum absolute atomic E-state index is 12.5. The molecule has 0 aromatic heterocycles. The SMILES string of the molecule is CCCCCC/C=C\CCC(CCCCCCCCCCCCCC)OC(=O)CSSCC(=O)OCCCN(C)C. The Kier molecular flexibility index (Phi) is 31.7. The monoisotopic (exact) mass is 615 g/mol. The number of rotatable bonds is 31. The molecular formula is C34H65NO4S2. The Morgan fingerprint density at radius 1 is 0.634 bits per heavy atom. The second-order valence-electron chi connectivity index (χ2n) is 11.6. The standard InChI is InChI=1S/C34H65NO4S2/c1-5-7-9-11-13-15-16-17-18-20-22-24-27-32(26-23-21-19-14-12-10-8-6-2)39-34(37)31-41-40-30-33(36)38-29-25-28-35(3)4/h19,21,32H,5-18,20,22-31H2,1-4H3/b21-19-. The van der Waals surface area contributed by atoms with Crippen molar-refractivity contribution in [1.82, 2.24) is 4.90 Å². The minimum atomic E-state index is -0.221. The molecule has 0 bridgehead atoms. The van der Waals surface area contributed by atoms with Crippen LogP contribution in [0, 0.1) is 0 Å². The van der Waals surface area contributed by atoms with Crippen LogP contribution in [0.25, 0.3) is 0 Å². The molecule has 0 saturated heterocycles. The van der Waals surface area contributed by atoms with Crippen molar-refractivity contribution < 1.29 is 19.1 Å². The number of hydrogen-bond donors (Lipinski definition) is 0. The van der Waals surface area contributed by atoms with Crippen LogP contribution < -0.4 is 0 Å². The van der Waals surface area contributed by atoms with Crippen LogP contribution in [0.2, 0.25) is 0 Å². The van der Waals surface area contributed by atoms with E-state index in [1.165, 1.54) is 118 Å². The molecule has 7 heteroatoms. The quantitative estimate of drug-likeness (QED) is 0.0333. The van der Waals surface area contributed by atoms with Crippen LogP contribution >= 0.6 is 21.6 Å². The molecule has 0 heterocycles. The van der Waals surface area contributed by atoms with Crippen molar-refractivity contribution in [2.75, 3.05) is 38.8 Å². The summed E-state index contributed by atoms with van der Waals surface area (Å²) >= 11 is 0. The van der Waals surface area contributed by atoms with Crippen LogP contribution in [0.5, 0.6) is 0 Å². The molecule has 0 N–H and O–H groups in total. The van der Waals surface area contributed by atoms with E-state index in [1.807, 2.05) is 14.1 Å². The van der Waals surface area contributed by atoms with Gasteiger partial charge in [-0.1, -0.05) is 137 Å². The van der Waals surface area contributed by atoms with Crippen molar-refractivity contribution in [3.63, 3.8) is 0 Å². The first-order chi connectivity index (χ1) is 20.0. The maximum atomic E-state index is 12.5. The molecule has 0 rings (SSSR count). The lowest BCUT2D eigenvalue weighted by Crippen LogP contribution is -2.19. The minimum absolute atomic E-state index is 0.0115. The molecule has 0 aliphatic carbocycles. The molecule has 0 saturated carbocycles. The van der Waals surface area contributed by atoms with E-state index in [1.54, 1.807) is 0 Å². The number of carbonyl (C=O) groups excluding carboxylic acids is 2. The molecule has 0 aromatic carbocycles. The highest BCUT2D eigenvalue weighted by Crippen LogP contribution is 2.23. The molecule has 0 amide bonds. The van der Waals surface area contributed by atoms with Crippen LogP contribution in [0.15, 0.2) is 12.2 Å². The highest BCUT2D eigenvalue weighted by atomic mass is 33.1. The first-order valence-corrected chi connectivity index (χ1v) is 19.4. The lowest BCUT2D eigenvalue weighted by Gasteiger charge is -2.17. The van der Waals surface area contributed by atoms with Crippen LogP contribution in [-0.4, -0.2) is 61.7 Å². The number of hydrogen-bond acceptors (Lipinski definition) is 7. The summed E-state index contributed by atoms with van der Waals surface area (Å²) in [7, 11) is 6.76. The Hall–Kier alpha value is -0.660. The summed E-state index contributed by atoms with van der Waals surface area (Å²) in [5.41, 5.74) is 0. The number of unbranched alkanes of at least 4 members (excludes halogenated alkanes) is 15. The zero-order valence-corrected chi connectivity index (χ0v) is 28.9. The topological polar surface area (TPSA) is 55.8 Å². The van der Waals surface area contributed by atoms with Gasteiger partial charge in [-0.05, 0) is 59.0 Å². The van der Waals surface area contributed by atoms with Crippen molar-refractivity contribution >= 4 is 33.5 Å². The van der Waals surface area contributed by atoms with Gasteiger partial charge < -0.3 is 14.4 Å². The van der Waals surface area contributed by atoms with E-state index in [4.69, 9.17) is 9.47 Å². The summed E-state index contributed by atoms with van der Waals surface area (Å²) < 4.78 is 11.1. The Balaban J connectivity index is 4.18. The summed E-state index contributed by atoms with van der Waals surface area (Å²) in [5, 5.41) is 0. The average molecular weight is 616 g/mol. The first kappa shape index (κ1) is 40.3. The predicted octanol–water partition coefficient (Wildman–Crippen LogP) is 10.2. The Bertz CT molecular complexity index is 616. The van der Waals surface area contributed by atoms with Gasteiger partial charge in [0.25, 0.3) is 0 Å². The largest absolute Gasteiger partial charge is 0.465 e. The normalized spacial score (nSPS) is 12.3. The molecule has 1 atom stereocenters. The van der Waals surface area contributed by atoms with Gasteiger partial charge in [-0.15, -0.1) is 0 Å². The molecule has 0 aromatic rings. The smallest absolute Gasteiger partial charge is 0.317 e. The van der Waals surface area contributed by atoms with Gasteiger partial charge in [0, 0.05) is 6.54 Å². The van der Waals surface area contributed by atoms with Crippen molar-refractivity contribution in [3.8, 4) is 0 Å². The molecule has 0 aliphatic heterocycles. The summed E-state index contributed by atoms with van der Waals surface area (Å²) in [6.07, 6.45) is 30.5. The fourth-order valence-corrected chi connectivity index (χ4v) is 6.28. The summed E-state index contributed by atoms with van der Waals surface area (Å²) in [4.78, 5) is 26.5. The maximum Gasteiger partial charge on any atom is 0.317 e. The van der Waals surface area contributed by atoms with Gasteiger partial charge in [-0.3, -0.25) is 9.59 Å². The summed E-state index contributed by atoms with van der Waals surface area (Å²) in [6, 6.07) is 0. The lowest BCUT2D eigenvalue weighted by molar-refractivity contribution is -0.146. The highest BCUT2D eigenvalue weighted by molar-refractivity contribution is 8.77. The third-order valence-corrected chi connectivity index (χ3v) is 9.25. The Labute approximate surface area is 262 Å². The number of esters is 2. The average Bonchev–Trinajstić information content (AvgIpc) is 2.95. The zero-order valence-electron chi connectivity index (χ0n) is 27.3. The van der Waals surface area contributed by atoms with E-state index in [0.717, 1.165) is 45.1 Å². The molecule has 0 aliphatic rings. The molecular weight excluding hydrogens is 551 g/mol. The van der Waals surface area contributed by atoms with Crippen LogP contribution in [0.3, 0.4) is 0 Å². The second-order valence-corrected chi connectivity index (χ2v) is 14.1. The number of carbonyl (C=O) groups is 2. The van der Waals surface area contributed by atoms with Gasteiger partial charge in [0.05, 0.1) is 6.61 Å². The van der Waals surface area contributed by atoms with Gasteiger partial charge in [0.15, 0.2) is 0 Å². The van der Waals surface area contributed by atoms with E-state index >= 15 is 0 Å². The molecule has 0 spiro atoms. The Morgan fingerprint density at radius 2 is 1.15 bits per heavy atom. The van der Waals surface area contributed by atoms with E-state index in [0.29, 0.717) is 6.61 Å². The van der Waals surface area contributed by atoms with Gasteiger partial charge in [0.2, 0.25) is 0 Å². The van der Waals surface area contributed by atoms with Crippen molar-refractivity contribution in [2.24, 2.45) is 0 Å². The van der Waals surface area contributed by atoms with E-state index < -0.39 is 0 Å². The number of nitrogens with zero attached hydrogens (tertiary/aromatic N) is 1. The molecule has 41 heavy (non-hydrogen) atoms. The minimum Gasteiger partial charge on any atom is -0.465 e. The van der Waals surface area contributed by atoms with Crippen LogP contribution in [0.1, 0.15) is 149 Å². The number of allylic oxidation sites excluding steroid dienone is 2. The highest BCUT2D eigenvalue weighted by Gasteiger charge is 2.15. The fourth-order valence-electron chi connectivity index (χ4n) is 4.69. The molecule has 242 valence electrons. The number of ether oxygens (including phenoxy) is 2. The Morgan fingerprint density at radius 3 is 1.73 bits per heavy atom. The second kappa shape index (κ2) is 32.3. The predicted molar refractivity (Wildman–Crippen MR) is 182 cm³/mol. The fraction of sp³-hybridized carbons (Fsp3) is 0.882. The van der Waals surface area contributed by atoms with E-state index in [-0.39, 0.29) is 29.5 Å². The van der Waals surface area contributed by atoms with Crippen molar-refractivity contribution in [2.45, 2.75) is 155 Å². The molecule has 1 unspecified atom stereocenters. The van der Waals surface area contributed by atoms with Gasteiger partial charge >= 0.3 is 11.9 Å². The van der Waals surface area contributed by atoms with Crippen molar-refractivity contribution in [1.29, 1.82) is 0 Å². The third kappa shape index (κ3) is 32.1. The zero-order chi connectivity index (χ0) is 30.2. The van der Waals surface area contributed by atoms with Gasteiger partial charge in [0.1, 0.15) is 17.6 Å². The molecule has 5 nitrogen and oxygen atoms in total. The molecule has 0 radical (unpaired) electrons. The van der Waals surface area contributed by atoms with E-state index in [9.17, 15) is 9.59 Å². The van der Waals surface area contributed by atoms with Crippen LogP contribution in [0.4, 0.5) is 0 Å². The molecule has 0 fully saturated rings. The van der Waals surface area contributed by atoms with Gasteiger partial charge in [-0.2, -0.15) is 0 Å². The summed E-state index contributed by atoms with van der Waals surface area (Å²) in [6.45, 7) is 5.86. The van der Waals surface area contributed by atoms with Gasteiger partial charge in [-0.25, -0.2) is 0 Å². The lowest BCUT2D eigenvalue weighted by atomic mass is 10.0. The summed E-state index contributed by atoms with van der Waals surface area (Å²) in [5.74, 6) is 0.127. The first-order valence-electron chi connectivity index (χ1n) is 16.9.